The van der Waals surface area contributed by atoms with E-state index in [0.29, 0.717) is 17.4 Å². The van der Waals surface area contributed by atoms with Crippen molar-refractivity contribution >= 4 is 22.7 Å². The van der Waals surface area contributed by atoms with Gasteiger partial charge in [-0.25, -0.2) is 15.0 Å². The van der Waals surface area contributed by atoms with Crippen LogP contribution in [0.2, 0.25) is 0 Å². The first-order chi connectivity index (χ1) is 11.8. The molecular weight excluding hydrogens is 302 g/mol. The molecule has 0 aliphatic carbocycles. The summed E-state index contributed by atoms with van der Waals surface area (Å²) >= 11 is 0. The number of fused-ring (bicyclic) bond motifs is 1. The number of nitrogens with zero attached hydrogens (tertiary/aromatic N) is 3. The van der Waals surface area contributed by atoms with Gasteiger partial charge in [0.15, 0.2) is 5.65 Å². The van der Waals surface area contributed by atoms with Gasteiger partial charge in [0.2, 0.25) is 0 Å². The maximum Gasteiger partial charge on any atom is 0.166 e. The van der Waals surface area contributed by atoms with Crippen LogP contribution in [-0.2, 0) is 4.74 Å². The second-order valence-electron chi connectivity index (χ2n) is 5.96. The highest BCUT2D eigenvalue weighted by Crippen LogP contribution is 2.34. The zero-order valence-electron chi connectivity index (χ0n) is 13.2. The molecule has 0 amide bonds. The molecule has 3 heterocycles. The average Bonchev–Trinajstić information content (AvgIpc) is 3.09. The van der Waals surface area contributed by atoms with E-state index in [1.54, 1.807) is 6.07 Å². The molecule has 1 aliphatic rings. The lowest BCUT2D eigenvalue weighted by atomic mass is 9.95. The zero-order valence-corrected chi connectivity index (χ0v) is 13.2. The molecule has 1 aromatic carbocycles. The van der Waals surface area contributed by atoms with Crippen LogP contribution in [0.25, 0.3) is 11.0 Å². The lowest BCUT2D eigenvalue weighted by Gasteiger charge is -2.20. The number of hydrogen-bond acceptors (Lipinski definition) is 6. The van der Waals surface area contributed by atoms with Gasteiger partial charge in [0, 0.05) is 19.1 Å². The van der Waals surface area contributed by atoms with Crippen LogP contribution in [0.1, 0.15) is 18.1 Å². The molecule has 0 unspecified atom stereocenters. The number of nitrogens with one attached hydrogen (secondary N) is 1. The molecular formula is C18H19N5O. The fraction of sp³-hybridized carbons (Fsp3) is 0.278. The van der Waals surface area contributed by atoms with Crippen molar-refractivity contribution in [1.82, 2.24) is 15.0 Å². The molecule has 1 saturated heterocycles. The van der Waals surface area contributed by atoms with Gasteiger partial charge in [0.1, 0.15) is 18.0 Å². The smallest absolute Gasteiger partial charge is 0.166 e. The maximum atomic E-state index is 5.94. The molecule has 2 aromatic heterocycles. The van der Waals surface area contributed by atoms with E-state index in [4.69, 9.17) is 10.5 Å². The van der Waals surface area contributed by atoms with Crippen LogP contribution in [0, 0.1) is 5.92 Å². The standard InChI is InChI=1S/C18H19N5O/c19-15-7-6-14-17(21-11-22-18(14)23-15)20-10-13-8-9-24-16(13)12-4-2-1-3-5-12/h1-7,11,13,16H,8-10H2,(H3,19,20,21,22,23)/t13-,16-/m0/s1. The fourth-order valence-corrected chi connectivity index (χ4v) is 3.18. The van der Waals surface area contributed by atoms with E-state index in [-0.39, 0.29) is 6.10 Å². The van der Waals surface area contributed by atoms with Gasteiger partial charge in [-0.15, -0.1) is 0 Å². The average molecular weight is 321 g/mol. The van der Waals surface area contributed by atoms with Crippen molar-refractivity contribution in [2.24, 2.45) is 5.92 Å². The van der Waals surface area contributed by atoms with Crippen LogP contribution in [-0.4, -0.2) is 28.1 Å². The summed E-state index contributed by atoms with van der Waals surface area (Å²) in [5.41, 5.74) is 7.55. The van der Waals surface area contributed by atoms with Gasteiger partial charge in [0.25, 0.3) is 0 Å². The highest BCUT2D eigenvalue weighted by molar-refractivity contribution is 5.87. The molecule has 3 aromatic rings. The third kappa shape index (κ3) is 2.88. The Hall–Kier alpha value is -2.73. The summed E-state index contributed by atoms with van der Waals surface area (Å²) in [5.74, 6) is 1.64. The van der Waals surface area contributed by atoms with Gasteiger partial charge >= 0.3 is 0 Å². The third-order valence-electron chi connectivity index (χ3n) is 4.39. The maximum absolute atomic E-state index is 5.94. The van der Waals surface area contributed by atoms with E-state index in [9.17, 15) is 0 Å². The second-order valence-corrected chi connectivity index (χ2v) is 5.96. The van der Waals surface area contributed by atoms with Gasteiger partial charge in [0.05, 0.1) is 11.5 Å². The minimum Gasteiger partial charge on any atom is -0.384 e. The monoisotopic (exact) mass is 321 g/mol. The van der Waals surface area contributed by atoms with Gasteiger partial charge < -0.3 is 15.8 Å². The molecule has 1 fully saturated rings. The molecule has 0 bridgehead atoms. The number of benzene rings is 1. The Morgan fingerprint density at radius 1 is 1.12 bits per heavy atom. The van der Waals surface area contributed by atoms with Crippen LogP contribution < -0.4 is 11.1 Å². The Morgan fingerprint density at radius 2 is 2.00 bits per heavy atom. The highest BCUT2D eigenvalue weighted by Gasteiger charge is 2.29. The van der Waals surface area contributed by atoms with Gasteiger partial charge in [-0.1, -0.05) is 30.3 Å². The number of nitrogen functional groups attached to an aromatic ring is 1. The third-order valence-corrected chi connectivity index (χ3v) is 4.39. The van der Waals surface area contributed by atoms with Crippen LogP contribution in [0.4, 0.5) is 11.6 Å². The topological polar surface area (TPSA) is 86.0 Å². The summed E-state index contributed by atoms with van der Waals surface area (Å²) in [6.07, 6.45) is 2.66. The van der Waals surface area contributed by atoms with Crippen LogP contribution in [0.15, 0.2) is 48.8 Å². The molecule has 122 valence electrons. The van der Waals surface area contributed by atoms with Crippen LogP contribution in [0.3, 0.4) is 0 Å². The molecule has 6 nitrogen and oxygen atoms in total. The van der Waals surface area contributed by atoms with Gasteiger partial charge in [-0.05, 0) is 24.1 Å². The molecule has 0 saturated carbocycles. The Labute approximate surface area is 140 Å². The Balaban J connectivity index is 1.52. The minimum atomic E-state index is 0.126. The van der Waals surface area contributed by atoms with Crippen molar-refractivity contribution < 1.29 is 4.74 Å². The molecule has 24 heavy (non-hydrogen) atoms. The first-order valence-electron chi connectivity index (χ1n) is 8.09. The van der Waals surface area contributed by atoms with E-state index >= 15 is 0 Å². The van der Waals surface area contributed by atoms with Gasteiger partial charge in [-0.2, -0.15) is 0 Å². The molecule has 0 spiro atoms. The fourth-order valence-electron chi connectivity index (χ4n) is 3.18. The Bertz CT molecular complexity index is 839. The summed E-state index contributed by atoms with van der Waals surface area (Å²) in [6.45, 7) is 1.57. The van der Waals surface area contributed by atoms with Crippen molar-refractivity contribution in [3.05, 3.63) is 54.4 Å². The van der Waals surface area contributed by atoms with E-state index < -0.39 is 0 Å². The van der Waals surface area contributed by atoms with E-state index in [1.807, 2.05) is 12.1 Å². The number of ether oxygens (including phenoxy) is 1. The van der Waals surface area contributed by atoms with Crippen LogP contribution >= 0.6 is 0 Å². The normalized spacial score (nSPS) is 20.3. The molecule has 4 rings (SSSR count). The molecule has 6 heteroatoms. The number of pyridine rings is 1. The SMILES string of the molecule is Nc1ccc2c(NC[C@@H]3CCO[C@H]3c3ccccc3)ncnc2n1. The van der Waals surface area contributed by atoms with E-state index in [2.05, 4.69) is 44.5 Å². The first kappa shape index (κ1) is 14.8. The number of hydrogen-bond donors (Lipinski definition) is 2. The Kier molecular flexibility index (Phi) is 3.96. The Morgan fingerprint density at radius 3 is 2.88 bits per heavy atom. The van der Waals surface area contributed by atoms with Gasteiger partial charge in [-0.3, -0.25) is 0 Å². The molecule has 2 atom stereocenters. The summed E-state index contributed by atoms with van der Waals surface area (Å²) in [7, 11) is 0. The predicted molar refractivity (Wildman–Crippen MR) is 93.5 cm³/mol. The van der Waals surface area contributed by atoms with E-state index in [1.165, 1.54) is 11.9 Å². The highest BCUT2D eigenvalue weighted by atomic mass is 16.5. The number of rotatable bonds is 4. The summed E-state index contributed by atoms with van der Waals surface area (Å²) < 4.78 is 5.94. The van der Waals surface area contributed by atoms with Crippen molar-refractivity contribution in [1.29, 1.82) is 0 Å². The lowest BCUT2D eigenvalue weighted by molar-refractivity contribution is 0.0933. The number of anilines is 2. The molecule has 1 aliphatic heterocycles. The first-order valence-corrected chi connectivity index (χ1v) is 8.09. The van der Waals surface area contributed by atoms with Crippen molar-refractivity contribution in [3.8, 4) is 0 Å². The van der Waals surface area contributed by atoms with Crippen molar-refractivity contribution in [2.45, 2.75) is 12.5 Å². The second kappa shape index (κ2) is 6.41. The molecule has 0 radical (unpaired) electrons. The zero-order chi connectivity index (χ0) is 16.4. The van der Waals surface area contributed by atoms with Crippen molar-refractivity contribution in [2.75, 3.05) is 24.2 Å². The minimum absolute atomic E-state index is 0.126. The summed E-state index contributed by atoms with van der Waals surface area (Å²) in [5, 5.41) is 4.31. The number of nitrogens with two attached hydrogens (primary N) is 1. The van der Waals surface area contributed by atoms with E-state index in [0.717, 1.165) is 30.8 Å². The predicted octanol–water partition coefficient (Wildman–Crippen LogP) is 2.80. The summed E-state index contributed by atoms with van der Waals surface area (Å²) in [6, 6.07) is 14.0. The molecule has 3 N–H and O–H groups in total. The largest absolute Gasteiger partial charge is 0.384 e. The lowest BCUT2D eigenvalue weighted by Crippen LogP contribution is -2.18. The van der Waals surface area contributed by atoms with Crippen LogP contribution in [0.5, 0.6) is 0 Å². The summed E-state index contributed by atoms with van der Waals surface area (Å²) in [4.78, 5) is 12.8. The number of aromatic nitrogens is 3. The van der Waals surface area contributed by atoms with Crippen molar-refractivity contribution in [3.63, 3.8) is 0 Å². The quantitative estimate of drug-likeness (QED) is 0.768.